The van der Waals surface area contributed by atoms with Crippen molar-refractivity contribution in [3.05, 3.63) is 34.9 Å². The first-order valence-electron chi connectivity index (χ1n) is 13.8. The number of nitrogens with one attached hydrogen (secondary N) is 1. The summed E-state index contributed by atoms with van der Waals surface area (Å²) in [6.45, 7) is 2.28. The molecule has 1 amide bonds. The Morgan fingerprint density at radius 3 is 2.90 bits per heavy atom. The second kappa shape index (κ2) is 10.4. The average molecular weight is 618 g/mol. The molecule has 0 bridgehead atoms. The molecule has 3 N–H and O–H groups in total. The van der Waals surface area contributed by atoms with Crippen LogP contribution in [0, 0.1) is 11.6 Å². The van der Waals surface area contributed by atoms with E-state index in [9.17, 15) is 13.6 Å². The molecule has 2 atom stereocenters. The molecule has 0 saturated carbocycles. The first kappa shape index (κ1) is 27.4. The quantitative estimate of drug-likeness (QED) is 0.332. The lowest BCUT2D eigenvalue weighted by Crippen LogP contribution is -2.43. The van der Waals surface area contributed by atoms with Crippen LogP contribution in [0.15, 0.2) is 18.2 Å². The maximum absolute atomic E-state index is 16.6. The van der Waals surface area contributed by atoms with Crippen molar-refractivity contribution < 1.29 is 22.7 Å². The van der Waals surface area contributed by atoms with Gasteiger partial charge >= 0.3 is 6.01 Å². The number of nitrogen functional groups attached to an aromatic ring is 1. The number of nitrogens with zero attached hydrogens (tertiary/aromatic N) is 5. The zero-order valence-electron chi connectivity index (χ0n) is 22.4. The summed E-state index contributed by atoms with van der Waals surface area (Å²) in [6, 6.07) is 4.09. The number of alkyl halides is 1. The highest BCUT2D eigenvalue weighted by Gasteiger charge is 2.49. The molecule has 2 aromatic heterocycles. The van der Waals surface area contributed by atoms with Crippen molar-refractivity contribution in [3.63, 3.8) is 0 Å². The van der Waals surface area contributed by atoms with E-state index in [1.807, 2.05) is 0 Å². The van der Waals surface area contributed by atoms with Gasteiger partial charge in [0.15, 0.2) is 10.9 Å². The summed E-state index contributed by atoms with van der Waals surface area (Å²) in [4.78, 5) is 29.7. The SMILES string of the molecule is Nc1nc2c(-c3c(Cl)cc4c(N5CCCNC(=O)C5)nc(OCC56CCCN5C[C@H](F)C6)nc4c3F)ccc(F)c2s1. The van der Waals surface area contributed by atoms with Gasteiger partial charge in [0, 0.05) is 42.6 Å². The molecule has 2 aromatic carbocycles. The van der Waals surface area contributed by atoms with Crippen LogP contribution in [-0.4, -0.2) is 76.8 Å². The van der Waals surface area contributed by atoms with Crippen LogP contribution in [0.5, 0.6) is 6.01 Å². The molecule has 9 nitrogen and oxygen atoms in total. The zero-order valence-corrected chi connectivity index (χ0v) is 24.0. The molecule has 220 valence electrons. The highest BCUT2D eigenvalue weighted by molar-refractivity contribution is 7.22. The van der Waals surface area contributed by atoms with Crippen LogP contribution in [0.3, 0.4) is 0 Å². The standard InChI is InChI=1S/C28H27ClF3N7O2S/c29-17-9-16-22(21(32)20(17)15-3-4-18(31)24-23(15)35-26(33)42-24)36-27(37-25(16)38-7-2-6-34-19(40)12-38)41-13-28-5-1-8-39(28)11-14(30)10-28/h3-4,9,14H,1-2,5-8,10-13H2,(H2,33,35)(H,34,40)/t14-,28?/m1/s1. The molecule has 3 saturated heterocycles. The molecule has 7 rings (SSSR count). The lowest BCUT2D eigenvalue weighted by molar-refractivity contribution is -0.119. The minimum Gasteiger partial charge on any atom is -0.461 e. The molecular formula is C28H27ClF3N7O2S. The fourth-order valence-corrected chi connectivity index (χ4v) is 7.60. The van der Waals surface area contributed by atoms with E-state index in [1.165, 1.54) is 12.1 Å². The number of anilines is 2. The maximum atomic E-state index is 16.6. The second-order valence-electron chi connectivity index (χ2n) is 11.1. The Morgan fingerprint density at radius 1 is 1.19 bits per heavy atom. The Balaban J connectivity index is 1.38. The topological polar surface area (TPSA) is 110 Å². The Hall–Kier alpha value is -3.42. The van der Waals surface area contributed by atoms with Crippen molar-refractivity contribution in [1.29, 1.82) is 0 Å². The first-order chi connectivity index (χ1) is 20.2. The molecular weight excluding hydrogens is 591 g/mol. The van der Waals surface area contributed by atoms with Crippen LogP contribution in [0.4, 0.5) is 24.1 Å². The van der Waals surface area contributed by atoms with E-state index in [2.05, 4.69) is 25.2 Å². The Kier molecular flexibility index (Phi) is 6.78. The van der Waals surface area contributed by atoms with Gasteiger partial charge in [-0.1, -0.05) is 22.9 Å². The van der Waals surface area contributed by atoms with Gasteiger partial charge < -0.3 is 20.7 Å². The van der Waals surface area contributed by atoms with Gasteiger partial charge in [-0.2, -0.15) is 9.97 Å². The van der Waals surface area contributed by atoms with E-state index in [0.717, 1.165) is 30.7 Å². The zero-order chi connectivity index (χ0) is 29.2. The molecule has 42 heavy (non-hydrogen) atoms. The highest BCUT2D eigenvalue weighted by atomic mass is 35.5. The van der Waals surface area contributed by atoms with Crippen molar-refractivity contribution in [3.8, 4) is 17.1 Å². The van der Waals surface area contributed by atoms with Crippen LogP contribution in [0.1, 0.15) is 25.7 Å². The van der Waals surface area contributed by atoms with Gasteiger partial charge in [-0.25, -0.2) is 18.2 Å². The average Bonchev–Trinajstić information content (AvgIpc) is 3.56. The fourth-order valence-electron chi connectivity index (χ4n) is 6.54. The number of amides is 1. The predicted molar refractivity (Wildman–Crippen MR) is 156 cm³/mol. The maximum Gasteiger partial charge on any atom is 0.319 e. The minimum atomic E-state index is -0.938. The number of fused-ring (bicyclic) bond motifs is 3. The van der Waals surface area contributed by atoms with Crippen LogP contribution in [-0.2, 0) is 4.79 Å². The molecule has 4 aromatic rings. The Labute approximate surface area is 247 Å². The number of halogens is 4. The number of carbonyl (C=O) groups excluding carboxylic acids is 1. The monoisotopic (exact) mass is 617 g/mol. The van der Waals surface area contributed by atoms with Crippen molar-refractivity contribution in [1.82, 2.24) is 25.2 Å². The lowest BCUT2D eigenvalue weighted by Gasteiger charge is -2.31. The molecule has 3 aliphatic heterocycles. The number of aromatic nitrogens is 3. The van der Waals surface area contributed by atoms with Crippen LogP contribution in [0.25, 0.3) is 32.2 Å². The van der Waals surface area contributed by atoms with Crippen molar-refractivity contribution >= 4 is 60.9 Å². The van der Waals surface area contributed by atoms with Crippen molar-refractivity contribution in [2.24, 2.45) is 0 Å². The number of hydrogen-bond acceptors (Lipinski definition) is 9. The second-order valence-corrected chi connectivity index (χ2v) is 12.5. The smallest absolute Gasteiger partial charge is 0.319 e. The van der Waals surface area contributed by atoms with Gasteiger partial charge in [-0.05, 0) is 44.0 Å². The highest BCUT2D eigenvalue weighted by Crippen LogP contribution is 2.44. The molecule has 0 aliphatic carbocycles. The third-order valence-electron chi connectivity index (χ3n) is 8.42. The van der Waals surface area contributed by atoms with Gasteiger partial charge in [0.05, 0.1) is 27.3 Å². The van der Waals surface area contributed by atoms with E-state index in [-0.39, 0.29) is 62.1 Å². The van der Waals surface area contributed by atoms with E-state index < -0.39 is 23.3 Å². The number of thiazole rings is 1. The number of hydrogen-bond donors (Lipinski definition) is 2. The van der Waals surface area contributed by atoms with Crippen molar-refractivity contribution in [2.75, 3.05) is 50.0 Å². The summed E-state index contributed by atoms with van der Waals surface area (Å²) < 4.78 is 51.8. The van der Waals surface area contributed by atoms with E-state index in [4.69, 9.17) is 22.1 Å². The molecule has 3 fully saturated rings. The summed E-state index contributed by atoms with van der Waals surface area (Å²) in [5.41, 5.74) is 5.76. The summed E-state index contributed by atoms with van der Waals surface area (Å²) >= 11 is 7.67. The van der Waals surface area contributed by atoms with Gasteiger partial charge in [0.25, 0.3) is 0 Å². The predicted octanol–water partition coefficient (Wildman–Crippen LogP) is 4.70. The van der Waals surface area contributed by atoms with E-state index >= 15 is 4.39 Å². The number of carbonyl (C=O) groups is 1. The third-order valence-corrected chi connectivity index (χ3v) is 9.61. The molecule has 5 heterocycles. The Morgan fingerprint density at radius 2 is 2.05 bits per heavy atom. The molecule has 0 radical (unpaired) electrons. The van der Waals surface area contributed by atoms with E-state index in [0.29, 0.717) is 43.7 Å². The van der Waals surface area contributed by atoms with Gasteiger partial charge in [-0.3, -0.25) is 9.69 Å². The normalized spacial score (nSPS) is 23.0. The van der Waals surface area contributed by atoms with Gasteiger partial charge in [0.2, 0.25) is 5.91 Å². The third kappa shape index (κ3) is 4.58. The molecule has 3 aliphatic rings. The minimum absolute atomic E-state index is 0.00444. The number of nitrogens with two attached hydrogens (primary N) is 1. The number of benzene rings is 2. The number of ether oxygens (including phenoxy) is 1. The molecule has 0 spiro atoms. The van der Waals surface area contributed by atoms with Gasteiger partial charge in [-0.15, -0.1) is 0 Å². The largest absolute Gasteiger partial charge is 0.461 e. The Bertz CT molecular complexity index is 1740. The van der Waals surface area contributed by atoms with Crippen LogP contribution >= 0.6 is 22.9 Å². The van der Waals surface area contributed by atoms with Gasteiger partial charge in [0.1, 0.15) is 29.9 Å². The van der Waals surface area contributed by atoms with Crippen molar-refractivity contribution in [2.45, 2.75) is 37.4 Å². The summed E-state index contributed by atoms with van der Waals surface area (Å²) in [7, 11) is 0. The summed E-state index contributed by atoms with van der Waals surface area (Å²) in [5.74, 6) is -1.19. The summed E-state index contributed by atoms with van der Waals surface area (Å²) in [6.07, 6.45) is 1.78. The first-order valence-corrected chi connectivity index (χ1v) is 15.0. The summed E-state index contributed by atoms with van der Waals surface area (Å²) in [5, 5.41) is 3.30. The number of rotatable bonds is 5. The van der Waals surface area contributed by atoms with E-state index in [1.54, 1.807) is 11.0 Å². The fraction of sp³-hybridized carbons (Fsp3) is 0.429. The lowest BCUT2D eigenvalue weighted by atomic mass is 9.95. The molecule has 1 unspecified atom stereocenters. The molecule has 14 heteroatoms. The van der Waals surface area contributed by atoms with Crippen LogP contribution in [0.2, 0.25) is 5.02 Å². The van der Waals surface area contributed by atoms with Crippen LogP contribution < -0.4 is 20.7 Å².